The normalized spacial score (nSPS) is 18.3. The van der Waals surface area contributed by atoms with Gasteiger partial charge in [0.1, 0.15) is 16.5 Å². The molecule has 1 aliphatic heterocycles. The van der Waals surface area contributed by atoms with E-state index >= 15 is 0 Å². The lowest BCUT2D eigenvalue weighted by Crippen LogP contribution is -2.08. The molecule has 5 heteroatoms. The highest BCUT2D eigenvalue weighted by molar-refractivity contribution is 8.14. The minimum atomic E-state index is -0.0909. The van der Waals surface area contributed by atoms with Gasteiger partial charge in [-0.1, -0.05) is 24.3 Å². The van der Waals surface area contributed by atoms with Crippen LogP contribution in [0.5, 0.6) is 11.5 Å². The number of methoxy groups -OCH3 is 1. The Morgan fingerprint density at radius 2 is 2.10 bits per heavy atom. The second-order valence-electron chi connectivity index (χ2n) is 4.60. The molecule has 0 saturated carbocycles. The SMILES string of the molecule is COc1cc(C2=NC(CO)CS2)c(O)c2ccccc12. The summed E-state index contributed by atoms with van der Waals surface area (Å²) in [7, 11) is 1.61. The lowest BCUT2D eigenvalue weighted by Gasteiger charge is -2.11. The summed E-state index contributed by atoms with van der Waals surface area (Å²) >= 11 is 1.54. The Hall–Kier alpha value is -1.72. The first kappa shape index (κ1) is 13.3. The molecule has 0 aliphatic carbocycles. The van der Waals surface area contributed by atoms with Crippen LogP contribution in [-0.2, 0) is 0 Å². The van der Waals surface area contributed by atoms with Crippen molar-refractivity contribution in [2.75, 3.05) is 19.5 Å². The van der Waals surface area contributed by atoms with Crippen molar-refractivity contribution in [3.63, 3.8) is 0 Å². The summed E-state index contributed by atoms with van der Waals surface area (Å²) in [6.07, 6.45) is 0. The number of aliphatic hydroxyl groups excluding tert-OH is 1. The number of hydrogen-bond acceptors (Lipinski definition) is 5. The van der Waals surface area contributed by atoms with Crippen LogP contribution in [0.25, 0.3) is 10.8 Å². The van der Waals surface area contributed by atoms with Crippen molar-refractivity contribution in [3.8, 4) is 11.5 Å². The van der Waals surface area contributed by atoms with Gasteiger partial charge in [-0.05, 0) is 6.07 Å². The van der Waals surface area contributed by atoms with Crippen LogP contribution >= 0.6 is 11.8 Å². The summed E-state index contributed by atoms with van der Waals surface area (Å²) in [6.45, 7) is 0.0297. The summed E-state index contributed by atoms with van der Waals surface area (Å²) in [5.41, 5.74) is 0.668. The highest BCUT2D eigenvalue weighted by Crippen LogP contribution is 2.39. The van der Waals surface area contributed by atoms with E-state index in [1.54, 1.807) is 18.9 Å². The van der Waals surface area contributed by atoms with Crippen molar-refractivity contribution in [1.82, 2.24) is 0 Å². The molecule has 0 spiro atoms. The van der Waals surface area contributed by atoms with E-state index in [2.05, 4.69) is 4.99 Å². The van der Waals surface area contributed by atoms with Crippen LogP contribution in [0, 0.1) is 0 Å². The maximum atomic E-state index is 10.5. The van der Waals surface area contributed by atoms with Crippen LogP contribution < -0.4 is 4.74 Å². The molecule has 0 saturated heterocycles. The zero-order valence-electron chi connectivity index (χ0n) is 11.0. The predicted octanol–water partition coefficient (Wildman–Crippen LogP) is 2.41. The third-order valence-electron chi connectivity index (χ3n) is 3.35. The standard InChI is InChI=1S/C15H15NO3S/c1-19-13-6-12(15-16-9(7-17)8-20-15)14(18)11-5-3-2-4-10(11)13/h2-6,9,17-18H,7-8H2,1H3. The topological polar surface area (TPSA) is 62.0 Å². The quantitative estimate of drug-likeness (QED) is 0.911. The van der Waals surface area contributed by atoms with Gasteiger partial charge in [0.25, 0.3) is 0 Å². The Balaban J connectivity index is 2.19. The number of thioether (sulfide) groups is 1. The predicted molar refractivity (Wildman–Crippen MR) is 82.0 cm³/mol. The van der Waals surface area contributed by atoms with Gasteiger partial charge in [-0.2, -0.15) is 0 Å². The van der Waals surface area contributed by atoms with Gasteiger partial charge in [-0.15, -0.1) is 11.8 Å². The smallest absolute Gasteiger partial charge is 0.133 e. The van der Waals surface area contributed by atoms with Crippen LogP contribution in [-0.4, -0.2) is 40.8 Å². The maximum Gasteiger partial charge on any atom is 0.133 e. The number of hydrogen-bond donors (Lipinski definition) is 2. The van der Waals surface area contributed by atoms with Gasteiger partial charge in [0.05, 0.1) is 25.3 Å². The Labute approximate surface area is 121 Å². The number of phenolic OH excluding ortho intramolecular Hbond substituents is 1. The minimum Gasteiger partial charge on any atom is -0.507 e. The zero-order valence-corrected chi connectivity index (χ0v) is 11.9. The van der Waals surface area contributed by atoms with E-state index in [-0.39, 0.29) is 18.4 Å². The lowest BCUT2D eigenvalue weighted by molar-refractivity contribution is 0.277. The molecule has 0 amide bonds. The van der Waals surface area contributed by atoms with Crippen molar-refractivity contribution in [1.29, 1.82) is 0 Å². The molecule has 2 aromatic carbocycles. The molecule has 2 aromatic rings. The van der Waals surface area contributed by atoms with Crippen LogP contribution in [0.15, 0.2) is 35.3 Å². The van der Waals surface area contributed by atoms with E-state index in [9.17, 15) is 5.11 Å². The molecule has 0 radical (unpaired) electrons. The Bertz CT molecular complexity index is 684. The zero-order chi connectivity index (χ0) is 14.1. The average Bonchev–Trinajstić information content (AvgIpc) is 2.97. The monoisotopic (exact) mass is 289 g/mol. The number of fused-ring (bicyclic) bond motifs is 1. The lowest BCUT2D eigenvalue weighted by atomic mass is 10.0. The molecule has 2 N–H and O–H groups in total. The molecule has 3 rings (SSSR count). The van der Waals surface area contributed by atoms with Crippen molar-refractivity contribution in [3.05, 3.63) is 35.9 Å². The fourth-order valence-electron chi connectivity index (χ4n) is 2.31. The molecule has 20 heavy (non-hydrogen) atoms. The fourth-order valence-corrected chi connectivity index (χ4v) is 3.38. The Morgan fingerprint density at radius 1 is 1.35 bits per heavy atom. The van der Waals surface area contributed by atoms with Crippen LogP contribution in [0.3, 0.4) is 0 Å². The molecule has 0 fully saturated rings. The summed E-state index contributed by atoms with van der Waals surface area (Å²) in [5.74, 6) is 1.66. The van der Waals surface area contributed by atoms with Gasteiger partial charge >= 0.3 is 0 Å². The molecule has 104 valence electrons. The van der Waals surface area contributed by atoms with E-state index in [1.165, 1.54) is 0 Å². The number of nitrogens with zero attached hydrogens (tertiary/aromatic N) is 1. The van der Waals surface area contributed by atoms with Crippen molar-refractivity contribution < 1.29 is 14.9 Å². The number of ether oxygens (including phenoxy) is 1. The summed E-state index contributed by atoms with van der Waals surface area (Å²) < 4.78 is 5.41. The van der Waals surface area contributed by atoms with E-state index in [4.69, 9.17) is 9.84 Å². The number of rotatable bonds is 3. The Kier molecular flexibility index (Phi) is 3.54. The molecule has 1 unspecified atom stereocenters. The third kappa shape index (κ3) is 2.13. The van der Waals surface area contributed by atoms with Crippen LogP contribution in [0.2, 0.25) is 0 Å². The highest BCUT2D eigenvalue weighted by Gasteiger charge is 2.23. The number of benzene rings is 2. The average molecular weight is 289 g/mol. The summed E-state index contributed by atoms with van der Waals surface area (Å²) in [6, 6.07) is 9.28. The number of phenols is 1. The molecular weight excluding hydrogens is 274 g/mol. The van der Waals surface area contributed by atoms with Gasteiger partial charge < -0.3 is 14.9 Å². The van der Waals surface area contributed by atoms with Crippen LogP contribution in [0.4, 0.5) is 0 Å². The third-order valence-corrected chi connectivity index (χ3v) is 4.50. The molecule has 4 nitrogen and oxygen atoms in total. The minimum absolute atomic E-state index is 0.0297. The number of aromatic hydroxyl groups is 1. The molecule has 1 atom stereocenters. The Morgan fingerprint density at radius 3 is 2.75 bits per heavy atom. The maximum absolute atomic E-state index is 10.5. The second kappa shape index (κ2) is 5.34. The molecule has 0 bridgehead atoms. The van der Waals surface area contributed by atoms with E-state index in [0.29, 0.717) is 11.3 Å². The first-order valence-electron chi connectivity index (χ1n) is 6.35. The first-order valence-corrected chi connectivity index (χ1v) is 7.33. The van der Waals surface area contributed by atoms with Gasteiger partial charge in [0.2, 0.25) is 0 Å². The van der Waals surface area contributed by atoms with Gasteiger partial charge in [0.15, 0.2) is 0 Å². The van der Waals surface area contributed by atoms with Gasteiger partial charge in [0, 0.05) is 16.5 Å². The molecule has 0 aromatic heterocycles. The van der Waals surface area contributed by atoms with E-state index in [1.807, 2.05) is 30.3 Å². The molecule has 1 heterocycles. The number of aliphatic imine (C=N–C) groups is 1. The first-order chi connectivity index (χ1) is 9.74. The summed E-state index contributed by atoms with van der Waals surface area (Å²) in [4.78, 5) is 4.43. The van der Waals surface area contributed by atoms with E-state index < -0.39 is 0 Å². The van der Waals surface area contributed by atoms with Crippen molar-refractivity contribution >= 4 is 27.6 Å². The van der Waals surface area contributed by atoms with E-state index in [0.717, 1.165) is 21.6 Å². The fraction of sp³-hybridized carbons (Fsp3) is 0.267. The van der Waals surface area contributed by atoms with Gasteiger partial charge in [-0.3, -0.25) is 4.99 Å². The largest absolute Gasteiger partial charge is 0.507 e. The molecule has 1 aliphatic rings. The molecular formula is C15H15NO3S. The highest BCUT2D eigenvalue weighted by atomic mass is 32.2. The number of aliphatic hydroxyl groups is 1. The second-order valence-corrected chi connectivity index (χ2v) is 5.61. The van der Waals surface area contributed by atoms with Crippen molar-refractivity contribution in [2.45, 2.75) is 6.04 Å². The summed E-state index contributed by atoms with van der Waals surface area (Å²) in [5, 5.41) is 22.0. The van der Waals surface area contributed by atoms with Crippen molar-refractivity contribution in [2.24, 2.45) is 4.99 Å². The van der Waals surface area contributed by atoms with Gasteiger partial charge in [-0.25, -0.2) is 0 Å². The van der Waals surface area contributed by atoms with Crippen LogP contribution in [0.1, 0.15) is 5.56 Å².